The number of amides is 1. The van der Waals surface area contributed by atoms with Gasteiger partial charge >= 0.3 is 0 Å². The second-order valence-corrected chi connectivity index (χ2v) is 7.13. The summed E-state index contributed by atoms with van der Waals surface area (Å²) in [7, 11) is 0. The minimum absolute atomic E-state index is 0.0370. The molecule has 1 aliphatic rings. The molecule has 7 nitrogen and oxygen atoms in total. The molecule has 0 spiro atoms. The molecular formula is C22H24N4O3. The van der Waals surface area contributed by atoms with Gasteiger partial charge in [-0.1, -0.05) is 17.3 Å². The average molecular weight is 392 g/mol. The number of likely N-dealkylation sites (tertiary alicyclic amines) is 1. The number of nitrogens with zero attached hydrogens (tertiary/aromatic N) is 4. The standard InChI is InChI=1S/C22H24N4O3/c1-2-28-19-8-4-3-7-18(19)22(27)26-13-11-16(15-26)9-10-20-24-21(29-25-20)17-6-5-12-23-14-17/h3-8,12,14,16H,2,9-11,13,15H2,1H3. The first-order chi connectivity index (χ1) is 14.2. The van der Waals surface area contributed by atoms with Gasteiger partial charge in [0.1, 0.15) is 5.75 Å². The van der Waals surface area contributed by atoms with Gasteiger partial charge in [0.2, 0.25) is 0 Å². The summed E-state index contributed by atoms with van der Waals surface area (Å²) in [6.07, 6.45) is 6.04. The summed E-state index contributed by atoms with van der Waals surface area (Å²) < 4.78 is 10.9. The van der Waals surface area contributed by atoms with Crippen LogP contribution in [-0.2, 0) is 6.42 Å². The predicted molar refractivity (Wildman–Crippen MR) is 107 cm³/mol. The highest BCUT2D eigenvalue weighted by Crippen LogP contribution is 2.26. The molecule has 1 aliphatic heterocycles. The molecule has 1 unspecified atom stereocenters. The van der Waals surface area contributed by atoms with E-state index in [0.29, 0.717) is 35.6 Å². The number of aryl methyl sites for hydroxylation is 1. The summed E-state index contributed by atoms with van der Waals surface area (Å²) in [5.41, 5.74) is 1.45. The number of hydrogen-bond donors (Lipinski definition) is 0. The molecule has 150 valence electrons. The van der Waals surface area contributed by atoms with Crippen molar-refractivity contribution in [2.45, 2.75) is 26.2 Å². The lowest BCUT2D eigenvalue weighted by Gasteiger charge is -2.18. The minimum Gasteiger partial charge on any atom is -0.493 e. The number of aromatic nitrogens is 3. The number of carbonyl (C=O) groups excluding carboxylic acids is 1. The Kier molecular flexibility index (Phi) is 5.84. The van der Waals surface area contributed by atoms with Crippen LogP contribution in [0.2, 0.25) is 0 Å². The van der Waals surface area contributed by atoms with Crippen molar-refractivity contribution in [3.8, 4) is 17.2 Å². The molecule has 1 fully saturated rings. The zero-order valence-electron chi connectivity index (χ0n) is 16.5. The molecule has 0 bridgehead atoms. The Balaban J connectivity index is 1.33. The van der Waals surface area contributed by atoms with E-state index >= 15 is 0 Å². The van der Waals surface area contributed by atoms with Gasteiger partial charge < -0.3 is 14.2 Å². The van der Waals surface area contributed by atoms with E-state index in [-0.39, 0.29) is 5.91 Å². The second kappa shape index (κ2) is 8.86. The van der Waals surface area contributed by atoms with E-state index in [0.717, 1.165) is 37.9 Å². The van der Waals surface area contributed by atoms with Crippen LogP contribution in [0.25, 0.3) is 11.5 Å². The average Bonchev–Trinajstić information content (AvgIpc) is 3.43. The molecular weight excluding hydrogens is 368 g/mol. The summed E-state index contributed by atoms with van der Waals surface area (Å²) in [6.45, 7) is 3.97. The van der Waals surface area contributed by atoms with Gasteiger partial charge in [0, 0.05) is 31.9 Å². The Bertz CT molecular complexity index is 957. The molecule has 4 rings (SSSR count). The number of ether oxygens (including phenoxy) is 1. The molecule has 0 aliphatic carbocycles. The maximum Gasteiger partial charge on any atom is 0.259 e. The van der Waals surface area contributed by atoms with Crippen LogP contribution in [0.1, 0.15) is 35.9 Å². The van der Waals surface area contributed by atoms with E-state index in [2.05, 4.69) is 15.1 Å². The second-order valence-electron chi connectivity index (χ2n) is 7.13. The van der Waals surface area contributed by atoms with Crippen LogP contribution >= 0.6 is 0 Å². The van der Waals surface area contributed by atoms with Crippen LogP contribution < -0.4 is 4.74 Å². The number of rotatable bonds is 7. The Morgan fingerprint density at radius 1 is 1.28 bits per heavy atom. The van der Waals surface area contributed by atoms with Gasteiger partial charge in [-0.25, -0.2) is 0 Å². The highest BCUT2D eigenvalue weighted by molar-refractivity contribution is 5.97. The first kappa shape index (κ1) is 19.1. The molecule has 2 aromatic heterocycles. The topological polar surface area (TPSA) is 81.4 Å². The quantitative estimate of drug-likeness (QED) is 0.611. The third-order valence-corrected chi connectivity index (χ3v) is 5.14. The van der Waals surface area contributed by atoms with E-state index < -0.39 is 0 Å². The van der Waals surface area contributed by atoms with Crippen molar-refractivity contribution < 1.29 is 14.1 Å². The zero-order chi connectivity index (χ0) is 20.1. The van der Waals surface area contributed by atoms with Crippen LogP contribution in [0.3, 0.4) is 0 Å². The van der Waals surface area contributed by atoms with E-state index in [1.165, 1.54) is 0 Å². The highest BCUT2D eigenvalue weighted by Gasteiger charge is 2.28. The Morgan fingerprint density at radius 3 is 3.00 bits per heavy atom. The van der Waals surface area contributed by atoms with Crippen molar-refractivity contribution >= 4 is 5.91 Å². The van der Waals surface area contributed by atoms with Crippen molar-refractivity contribution in [1.29, 1.82) is 0 Å². The first-order valence-electron chi connectivity index (χ1n) is 9.98. The van der Waals surface area contributed by atoms with Crippen LogP contribution in [0.15, 0.2) is 53.3 Å². The molecule has 7 heteroatoms. The van der Waals surface area contributed by atoms with Crippen LogP contribution in [0, 0.1) is 5.92 Å². The SMILES string of the molecule is CCOc1ccccc1C(=O)N1CCC(CCc2noc(-c3cccnc3)n2)C1. The Hall–Kier alpha value is -3.22. The fourth-order valence-corrected chi connectivity index (χ4v) is 3.64. The van der Waals surface area contributed by atoms with Crippen LogP contribution in [0.5, 0.6) is 5.75 Å². The summed E-state index contributed by atoms with van der Waals surface area (Å²) in [5, 5.41) is 4.08. The smallest absolute Gasteiger partial charge is 0.259 e. The van der Waals surface area contributed by atoms with Crippen molar-refractivity contribution in [1.82, 2.24) is 20.0 Å². The van der Waals surface area contributed by atoms with Crippen molar-refractivity contribution in [2.75, 3.05) is 19.7 Å². The fourth-order valence-electron chi connectivity index (χ4n) is 3.64. The maximum atomic E-state index is 12.9. The lowest BCUT2D eigenvalue weighted by molar-refractivity contribution is 0.0782. The van der Waals surface area contributed by atoms with Crippen molar-refractivity contribution in [3.05, 3.63) is 60.2 Å². The van der Waals surface area contributed by atoms with Gasteiger partial charge in [0.05, 0.1) is 17.7 Å². The molecule has 1 saturated heterocycles. The first-order valence-corrected chi connectivity index (χ1v) is 9.98. The van der Waals surface area contributed by atoms with Crippen LogP contribution in [0.4, 0.5) is 0 Å². The number of carbonyl (C=O) groups is 1. The molecule has 29 heavy (non-hydrogen) atoms. The molecule has 1 amide bonds. The summed E-state index contributed by atoms with van der Waals surface area (Å²) in [6, 6.07) is 11.2. The van der Waals surface area contributed by atoms with E-state index in [9.17, 15) is 4.79 Å². The zero-order valence-corrected chi connectivity index (χ0v) is 16.5. The number of pyridine rings is 1. The van der Waals surface area contributed by atoms with Gasteiger partial charge in [0.15, 0.2) is 5.82 Å². The van der Waals surface area contributed by atoms with Gasteiger partial charge in [0.25, 0.3) is 11.8 Å². The van der Waals surface area contributed by atoms with Crippen molar-refractivity contribution in [2.24, 2.45) is 5.92 Å². The van der Waals surface area contributed by atoms with Crippen LogP contribution in [-0.4, -0.2) is 45.6 Å². The van der Waals surface area contributed by atoms with E-state index in [1.54, 1.807) is 12.4 Å². The van der Waals surface area contributed by atoms with Gasteiger partial charge in [-0.05, 0) is 49.9 Å². The third-order valence-electron chi connectivity index (χ3n) is 5.14. The summed E-state index contributed by atoms with van der Waals surface area (Å²) in [4.78, 5) is 23.4. The molecule has 3 heterocycles. The fraction of sp³-hybridized carbons (Fsp3) is 0.364. The molecule has 0 saturated carbocycles. The largest absolute Gasteiger partial charge is 0.493 e. The molecule has 1 aromatic carbocycles. The number of hydrogen-bond acceptors (Lipinski definition) is 6. The monoisotopic (exact) mass is 392 g/mol. The molecule has 0 N–H and O–H groups in total. The predicted octanol–water partition coefficient (Wildman–Crippen LogP) is 3.63. The lowest BCUT2D eigenvalue weighted by atomic mass is 10.0. The normalized spacial score (nSPS) is 16.2. The molecule has 3 aromatic rings. The van der Waals surface area contributed by atoms with Gasteiger partial charge in [-0.2, -0.15) is 4.98 Å². The lowest BCUT2D eigenvalue weighted by Crippen LogP contribution is -2.29. The summed E-state index contributed by atoms with van der Waals surface area (Å²) in [5.74, 6) is 2.30. The number of para-hydroxylation sites is 1. The van der Waals surface area contributed by atoms with Gasteiger partial charge in [-0.3, -0.25) is 9.78 Å². The number of benzene rings is 1. The highest BCUT2D eigenvalue weighted by atomic mass is 16.5. The van der Waals surface area contributed by atoms with E-state index in [1.807, 2.05) is 48.2 Å². The molecule has 1 atom stereocenters. The minimum atomic E-state index is 0.0370. The van der Waals surface area contributed by atoms with Gasteiger partial charge in [-0.15, -0.1) is 0 Å². The Labute approximate surface area is 169 Å². The third kappa shape index (κ3) is 4.45. The van der Waals surface area contributed by atoms with E-state index in [4.69, 9.17) is 9.26 Å². The summed E-state index contributed by atoms with van der Waals surface area (Å²) >= 11 is 0. The van der Waals surface area contributed by atoms with Crippen molar-refractivity contribution in [3.63, 3.8) is 0 Å². The maximum absolute atomic E-state index is 12.9. The Morgan fingerprint density at radius 2 is 2.17 bits per heavy atom. The molecule has 0 radical (unpaired) electrons.